The minimum absolute atomic E-state index is 0.0320. The van der Waals surface area contributed by atoms with Crippen LogP contribution in [0.15, 0.2) is 66.7 Å². The first-order valence-corrected chi connectivity index (χ1v) is 7.65. The molecule has 0 atom stereocenters. The Morgan fingerprint density at radius 3 is 2.20 bits per heavy atom. The van der Waals surface area contributed by atoms with Gasteiger partial charge in [-0.1, -0.05) is 42.5 Å². The standard InChI is InChI=1S/C20H17NO4/c1-25-18-12-15(11-17(22)19(18)23)20(24)21-16-9-7-14(8-10-16)13-5-3-2-4-6-13/h2-12,22-23H,1H3,(H,21,24). The number of rotatable bonds is 4. The van der Waals surface area contributed by atoms with Crippen molar-refractivity contribution in [3.05, 3.63) is 72.3 Å². The van der Waals surface area contributed by atoms with E-state index in [0.717, 1.165) is 11.1 Å². The SMILES string of the molecule is COc1cc(C(=O)Nc2ccc(-c3ccccc3)cc2)cc(O)c1O. The molecular weight excluding hydrogens is 318 g/mol. The summed E-state index contributed by atoms with van der Waals surface area (Å²) in [4.78, 5) is 12.3. The van der Waals surface area contributed by atoms with E-state index < -0.39 is 17.4 Å². The highest BCUT2D eigenvalue weighted by atomic mass is 16.5. The molecule has 126 valence electrons. The molecule has 5 heteroatoms. The van der Waals surface area contributed by atoms with Gasteiger partial charge in [0.25, 0.3) is 5.91 Å². The van der Waals surface area contributed by atoms with Crippen molar-refractivity contribution in [1.29, 1.82) is 0 Å². The number of benzene rings is 3. The predicted molar refractivity (Wildman–Crippen MR) is 96.2 cm³/mol. The molecule has 0 heterocycles. The lowest BCUT2D eigenvalue weighted by atomic mass is 10.1. The Balaban J connectivity index is 1.78. The Hall–Kier alpha value is -3.47. The van der Waals surface area contributed by atoms with Crippen LogP contribution in [-0.4, -0.2) is 23.2 Å². The van der Waals surface area contributed by atoms with Crippen LogP contribution in [0.1, 0.15) is 10.4 Å². The molecule has 0 unspecified atom stereocenters. The number of carbonyl (C=O) groups is 1. The van der Waals surface area contributed by atoms with Crippen molar-refractivity contribution >= 4 is 11.6 Å². The summed E-state index contributed by atoms with van der Waals surface area (Å²) >= 11 is 0. The summed E-state index contributed by atoms with van der Waals surface area (Å²) in [6.45, 7) is 0. The first kappa shape index (κ1) is 16.4. The summed E-state index contributed by atoms with van der Waals surface area (Å²) in [5.41, 5.74) is 2.94. The molecule has 25 heavy (non-hydrogen) atoms. The molecule has 0 aliphatic rings. The highest BCUT2D eigenvalue weighted by molar-refractivity contribution is 6.05. The smallest absolute Gasteiger partial charge is 0.255 e. The van der Waals surface area contributed by atoms with Crippen LogP contribution in [0.5, 0.6) is 17.2 Å². The fourth-order valence-electron chi connectivity index (χ4n) is 2.46. The molecular formula is C20H17NO4. The van der Waals surface area contributed by atoms with Gasteiger partial charge in [-0.2, -0.15) is 0 Å². The van der Waals surface area contributed by atoms with Crippen LogP contribution < -0.4 is 10.1 Å². The second-order valence-electron chi connectivity index (χ2n) is 5.44. The summed E-state index contributed by atoms with van der Waals surface area (Å²) < 4.78 is 4.94. The molecule has 0 aliphatic heterocycles. The lowest BCUT2D eigenvalue weighted by Gasteiger charge is -2.10. The Labute approximate surface area is 145 Å². The maximum Gasteiger partial charge on any atom is 0.255 e. The van der Waals surface area contributed by atoms with E-state index in [-0.39, 0.29) is 11.3 Å². The van der Waals surface area contributed by atoms with Gasteiger partial charge in [0.05, 0.1) is 7.11 Å². The Morgan fingerprint density at radius 2 is 1.56 bits per heavy atom. The largest absolute Gasteiger partial charge is 0.504 e. The molecule has 5 nitrogen and oxygen atoms in total. The molecule has 3 N–H and O–H groups in total. The Bertz CT molecular complexity index is 890. The molecule has 0 radical (unpaired) electrons. The molecule has 3 rings (SSSR count). The van der Waals surface area contributed by atoms with Crippen LogP contribution in [0, 0.1) is 0 Å². The zero-order chi connectivity index (χ0) is 17.8. The topological polar surface area (TPSA) is 78.8 Å². The first-order chi connectivity index (χ1) is 12.1. The van der Waals surface area contributed by atoms with Crippen molar-refractivity contribution in [3.63, 3.8) is 0 Å². The zero-order valence-corrected chi connectivity index (χ0v) is 13.6. The van der Waals surface area contributed by atoms with E-state index in [1.165, 1.54) is 19.2 Å². The predicted octanol–water partition coefficient (Wildman–Crippen LogP) is 4.03. The van der Waals surface area contributed by atoms with Crippen molar-refractivity contribution in [2.75, 3.05) is 12.4 Å². The summed E-state index contributed by atoms with van der Waals surface area (Å²) in [5, 5.41) is 22.1. The number of hydrogen-bond acceptors (Lipinski definition) is 4. The van der Waals surface area contributed by atoms with Crippen molar-refractivity contribution in [3.8, 4) is 28.4 Å². The normalized spacial score (nSPS) is 10.3. The van der Waals surface area contributed by atoms with Crippen LogP contribution in [-0.2, 0) is 0 Å². The van der Waals surface area contributed by atoms with Gasteiger partial charge in [-0.05, 0) is 35.4 Å². The lowest BCUT2D eigenvalue weighted by molar-refractivity contribution is 0.102. The number of nitrogens with one attached hydrogen (secondary N) is 1. The number of anilines is 1. The number of phenols is 2. The molecule has 3 aromatic carbocycles. The van der Waals surface area contributed by atoms with E-state index in [1.54, 1.807) is 12.1 Å². The van der Waals surface area contributed by atoms with Crippen LogP contribution in [0.2, 0.25) is 0 Å². The summed E-state index contributed by atoms with van der Waals surface area (Å²) in [6, 6.07) is 19.9. The number of carbonyl (C=O) groups excluding carboxylic acids is 1. The van der Waals surface area contributed by atoms with Crippen LogP contribution in [0.25, 0.3) is 11.1 Å². The molecule has 3 aromatic rings. The van der Waals surface area contributed by atoms with Crippen molar-refractivity contribution in [1.82, 2.24) is 0 Å². The van der Waals surface area contributed by atoms with E-state index in [2.05, 4.69) is 5.32 Å². The lowest BCUT2D eigenvalue weighted by Crippen LogP contribution is -2.11. The van der Waals surface area contributed by atoms with E-state index in [4.69, 9.17) is 4.74 Å². The van der Waals surface area contributed by atoms with Gasteiger partial charge in [0, 0.05) is 11.3 Å². The number of ether oxygens (including phenoxy) is 1. The van der Waals surface area contributed by atoms with Crippen LogP contribution in [0.4, 0.5) is 5.69 Å². The van der Waals surface area contributed by atoms with Crippen molar-refractivity contribution < 1.29 is 19.7 Å². The zero-order valence-electron chi connectivity index (χ0n) is 13.6. The fourth-order valence-corrected chi connectivity index (χ4v) is 2.46. The van der Waals surface area contributed by atoms with Gasteiger partial charge in [0.15, 0.2) is 11.5 Å². The molecule has 1 amide bonds. The number of phenolic OH excluding ortho intramolecular Hbond substituents is 2. The molecule has 0 aliphatic carbocycles. The molecule has 0 saturated carbocycles. The number of aromatic hydroxyl groups is 2. The van der Waals surface area contributed by atoms with E-state index in [9.17, 15) is 15.0 Å². The van der Waals surface area contributed by atoms with Gasteiger partial charge in [-0.15, -0.1) is 0 Å². The molecule has 0 spiro atoms. The Morgan fingerprint density at radius 1 is 0.920 bits per heavy atom. The highest BCUT2D eigenvalue weighted by Crippen LogP contribution is 2.36. The number of methoxy groups -OCH3 is 1. The summed E-state index contributed by atoms with van der Waals surface area (Å²) in [5.74, 6) is -1.19. The maximum atomic E-state index is 12.3. The van der Waals surface area contributed by atoms with Crippen molar-refractivity contribution in [2.45, 2.75) is 0 Å². The second kappa shape index (κ2) is 6.97. The van der Waals surface area contributed by atoms with Gasteiger partial charge >= 0.3 is 0 Å². The average Bonchev–Trinajstić information content (AvgIpc) is 2.65. The van der Waals surface area contributed by atoms with E-state index in [0.29, 0.717) is 5.69 Å². The van der Waals surface area contributed by atoms with E-state index in [1.807, 2.05) is 42.5 Å². The fraction of sp³-hybridized carbons (Fsp3) is 0.0500. The van der Waals surface area contributed by atoms with Crippen molar-refractivity contribution in [2.24, 2.45) is 0 Å². The third-order valence-electron chi connectivity index (χ3n) is 3.79. The van der Waals surface area contributed by atoms with Crippen LogP contribution in [0.3, 0.4) is 0 Å². The third-order valence-corrected chi connectivity index (χ3v) is 3.79. The maximum absolute atomic E-state index is 12.3. The number of hydrogen-bond donors (Lipinski definition) is 3. The molecule has 0 fully saturated rings. The van der Waals surface area contributed by atoms with Gasteiger partial charge in [0.1, 0.15) is 0 Å². The second-order valence-corrected chi connectivity index (χ2v) is 5.44. The minimum atomic E-state index is -0.416. The monoisotopic (exact) mass is 335 g/mol. The third kappa shape index (κ3) is 3.55. The quantitative estimate of drug-likeness (QED) is 0.629. The van der Waals surface area contributed by atoms with Crippen LogP contribution >= 0.6 is 0 Å². The van der Waals surface area contributed by atoms with Gasteiger partial charge in [-0.25, -0.2) is 0 Å². The summed E-state index contributed by atoms with van der Waals surface area (Å²) in [7, 11) is 1.35. The summed E-state index contributed by atoms with van der Waals surface area (Å²) in [6.07, 6.45) is 0. The number of amides is 1. The minimum Gasteiger partial charge on any atom is -0.504 e. The van der Waals surface area contributed by atoms with Gasteiger partial charge in [-0.3, -0.25) is 4.79 Å². The average molecular weight is 335 g/mol. The Kier molecular flexibility index (Phi) is 4.57. The molecule has 0 aromatic heterocycles. The first-order valence-electron chi connectivity index (χ1n) is 7.65. The highest BCUT2D eigenvalue weighted by Gasteiger charge is 2.14. The van der Waals surface area contributed by atoms with Gasteiger partial charge < -0.3 is 20.3 Å². The van der Waals surface area contributed by atoms with E-state index >= 15 is 0 Å². The molecule has 0 bridgehead atoms. The van der Waals surface area contributed by atoms with Gasteiger partial charge in [0.2, 0.25) is 5.75 Å². The molecule has 0 saturated heterocycles.